The summed E-state index contributed by atoms with van der Waals surface area (Å²) in [5, 5.41) is 5.72. The summed E-state index contributed by atoms with van der Waals surface area (Å²) in [5.41, 5.74) is 2.99. The average Bonchev–Trinajstić information content (AvgIpc) is 3.48. The fraction of sp³-hybridized carbons (Fsp3) is 0.0870. The molecule has 2 aromatic heterocycles. The molecule has 4 aromatic rings. The number of nitrogens with one attached hydrogen (secondary N) is 2. The number of aryl methyl sites for hydroxylation is 1. The number of thiophene rings is 1. The topological polar surface area (TPSA) is 93.5 Å². The fourth-order valence-electron chi connectivity index (χ4n) is 2.97. The average molecular weight is 433 g/mol. The van der Waals surface area contributed by atoms with Gasteiger partial charge in [-0.1, -0.05) is 12.1 Å². The summed E-state index contributed by atoms with van der Waals surface area (Å²) in [5.74, 6) is 0.766. The number of carbonyl (C=O) groups excluding carboxylic acids is 2. The molecule has 31 heavy (non-hydrogen) atoms. The van der Waals surface area contributed by atoms with Crippen molar-refractivity contribution in [1.82, 2.24) is 4.98 Å². The molecule has 2 heterocycles. The molecular weight excluding hydrogens is 414 g/mol. The van der Waals surface area contributed by atoms with Crippen LogP contribution in [0.25, 0.3) is 11.3 Å². The molecule has 2 amide bonds. The summed E-state index contributed by atoms with van der Waals surface area (Å²) in [6.07, 6.45) is 2.96. The van der Waals surface area contributed by atoms with Crippen LogP contribution in [0.3, 0.4) is 0 Å². The third kappa shape index (κ3) is 4.65. The van der Waals surface area contributed by atoms with E-state index in [1.54, 1.807) is 49.7 Å². The standard InChI is InChI=1S/C23H19N3O4S/c1-14-10-17(29-2)6-7-18(14)26-23(28)21-9-8-20(31-21)22(27)25-16-5-3-4-15(11-16)19-12-24-13-30-19/h3-13H,1-2H3,(H,25,27)(H,26,28). The monoisotopic (exact) mass is 433 g/mol. The van der Waals surface area contributed by atoms with E-state index in [4.69, 9.17) is 9.15 Å². The lowest BCUT2D eigenvalue weighted by molar-refractivity contribution is 0.102. The maximum Gasteiger partial charge on any atom is 0.265 e. The molecule has 0 atom stereocenters. The van der Waals surface area contributed by atoms with E-state index < -0.39 is 0 Å². The molecule has 4 rings (SSSR count). The van der Waals surface area contributed by atoms with Crippen LogP contribution in [-0.2, 0) is 0 Å². The lowest BCUT2D eigenvalue weighted by atomic mass is 10.1. The quantitative estimate of drug-likeness (QED) is 0.435. The Kier molecular flexibility index (Phi) is 5.81. The first-order valence-electron chi connectivity index (χ1n) is 9.39. The Morgan fingerprint density at radius 1 is 1.00 bits per heavy atom. The van der Waals surface area contributed by atoms with E-state index in [2.05, 4.69) is 15.6 Å². The van der Waals surface area contributed by atoms with Crippen LogP contribution in [0.15, 0.2) is 71.6 Å². The molecule has 0 saturated carbocycles. The van der Waals surface area contributed by atoms with Gasteiger partial charge >= 0.3 is 0 Å². The van der Waals surface area contributed by atoms with E-state index in [1.807, 2.05) is 25.1 Å². The molecule has 0 aliphatic heterocycles. The normalized spacial score (nSPS) is 10.5. The first kappa shape index (κ1) is 20.4. The molecule has 0 fully saturated rings. The Balaban J connectivity index is 1.44. The summed E-state index contributed by atoms with van der Waals surface area (Å²) in [4.78, 5) is 30.0. The van der Waals surface area contributed by atoms with Gasteiger partial charge in [-0.3, -0.25) is 9.59 Å². The lowest BCUT2D eigenvalue weighted by Gasteiger charge is -2.09. The van der Waals surface area contributed by atoms with E-state index in [0.29, 0.717) is 26.9 Å². The van der Waals surface area contributed by atoms with Crippen molar-refractivity contribution in [1.29, 1.82) is 0 Å². The molecule has 0 aliphatic rings. The maximum atomic E-state index is 12.6. The van der Waals surface area contributed by atoms with Crippen molar-refractivity contribution < 1.29 is 18.7 Å². The van der Waals surface area contributed by atoms with Gasteiger partial charge in [0.2, 0.25) is 0 Å². The van der Waals surface area contributed by atoms with Crippen LogP contribution in [-0.4, -0.2) is 23.9 Å². The summed E-state index contributed by atoms with van der Waals surface area (Å²) < 4.78 is 10.5. The molecule has 0 unspecified atom stereocenters. The van der Waals surface area contributed by atoms with E-state index in [1.165, 1.54) is 6.39 Å². The van der Waals surface area contributed by atoms with Gasteiger partial charge in [0.25, 0.3) is 11.8 Å². The van der Waals surface area contributed by atoms with Crippen LogP contribution in [0.1, 0.15) is 24.9 Å². The Labute approximate surface area is 182 Å². The number of methoxy groups -OCH3 is 1. The van der Waals surface area contributed by atoms with Crippen molar-refractivity contribution in [2.45, 2.75) is 6.92 Å². The zero-order chi connectivity index (χ0) is 21.8. The fourth-order valence-corrected chi connectivity index (χ4v) is 3.77. The molecule has 2 aromatic carbocycles. The molecule has 2 N–H and O–H groups in total. The Hall–Kier alpha value is -3.91. The number of rotatable bonds is 6. The third-order valence-corrected chi connectivity index (χ3v) is 5.66. The first-order chi connectivity index (χ1) is 15.0. The van der Waals surface area contributed by atoms with E-state index in [0.717, 1.165) is 28.2 Å². The Bertz CT molecular complexity index is 1230. The number of nitrogens with zero attached hydrogens (tertiary/aromatic N) is 1. The summed E-state index contributed by atoms with van der Waals surface area (Å²) >= 11 is 1.13. The van der Waals surface area contributed by atoms with Crippen molar-refractivity contribution in [3.8, 4) is 17.1 Å². The number of benzene rings is 2. The first-order valence-corrected chi connectivity index (χ1v) is 10.2. The van der Waals surface area contributed by atoms with Crippen LogP contribution < -0.4 is 15.4 Å². The van der Waals surface area contributed by atoms with Crippen LogP contribution in [0.4, 0.5) is 11.4 Å². The Morgan fingerprint density at radius 2 is 1.77 bits per heavy atom. The molecule has 0 saturated heterocycles. The molecule has 7 nitrogen and oxygen atoms in total. The van der Waals surface area contributed by atoms with Gasteiger partial charge in [-0.15, -0.1) is 11.3 Å². The summed E-state index contributed by atoms with van der Waals surface area (Å²) in [7, 11) is 1.59. The van der Waals surface area contributed by atoms with Gasteiger partial charge < -0.3 is 19.8 Å². The number of hydrogen-bond donors (Lipinski definition) is 2. The van der Waals surface area contributed by atoms with Crippen LogP contribution in [0, 0.1) is 6.92 Å². The Morgan fingerprint density at radius 3 is 2.45 bits per heavy atom. The second-order valence-electron chi connectivity index (χ2n) is 6.70. The molecule has 156 valence electrons. The second-order valence-corrected chi connectivity index (χ2v) is 7.78. The van der Waals surface area contributed by atoms with E-state index >= 15 is 0 Å². The zero-order valence-electron chi connectivity index (χ0n) is 16.8. The molecule has 0 bridgehead atoms. The van der Waals surface area contributed by atoms with E-state index in [-0.39, 0.29) is 11.8 Å². The largest absolute Gasteiger partial charge is 0.497 e. The van der Waals surface area contributed by atoms with Gasteiger partial charge in [-0.2, -0.15) is 0 Å². The van der Waals surface area contributed by atoms with Gasteiger partial charge in [0, 0.05) is 16.9 Å². The minimum Gasteiger partial charge on any atom is -0.497 e. The van der Waals surface area contributed by atoms with Crippen LogP contribution >= 0.6 is 11.3 Å². The zero-order valence-corrected chi connectivity index (χ0v) is 17.7. The number of aromatic nitrogens is 1. The number of amides is 2. The number of hydrogen-bond acceptors (Lipinski definition) is 6. The van der Waals surface area contributed by atoms with Crippen molar-refractivity contribution in [3.63, 3.8) is 0 Å². The smallest absolute Gasteiger partial charge is 0.265 e. The minimum absolute atomic E-state index is 0.273. The van der Waals surface area contributed by atoms with Gasteiger partial charge in [0.05, 0.1) is 23.1 Å². The third-order valence-electron chi connectivity index (χ3n) is 4.57. The molecule has 8 heteroatoms. The van der Waals surface area contributed by atoms with Crippen LogP contribution in [0.5, 0.6) is 5.75 Å². The minimum atomic E-state index is -0.292. The SMILES string of the molecule is COc1ccc(NC(=O)c2ccc(C(=O)Nc3cccc(-c4cnco4)c3)s2)c(C)c1. The second kappa shape index (κ2) is 8.85. The number of carbonyl (C=O) groups is 2. The highest BCUT2D eigenvalue weighted by Gasteiger charge is 2.15. The summed E-state index contributed by atoms with van der Waals surface area (Å²) in [6, 6.07) is 15.9. The maximum absolute atomic E-state index is 12.6. The van der Waals surface area contributed by atoms with E-state index in [9.17, 15) is 9.59 Å². The number of ether oxygens (including phenoxy) is 1. The van der Waals surface area contributed by atoms with Crippen molar-refractivity contribution in [2.24, 2.45) is 0 Å². The van der Waals surface area contributed by atoms with Gasteiger partial charge in [0.1, 0.15) is 5.75 Å². The van der Waals surface area contributed by atoms with Crippen molar-refractivity contribution in [3.05, 3.63) is 82.5 Å². The van der Waals surface area contributed by atoms with Crippen molar-refractivity contribution >= 4 is 34.5 Å². The number of oxazole rings is 1. The highest BCUT2D eigenvalue weighted by Crippen LogP contribution is 2.25. The lowest BCUT2D eigenvalue weighted by Crippen LogP contribution is -2.11. The van der Waals surface area contributed by atoms with Gasteiger partial charge in [0.15, 0.2) is 12.2 Å². The van der Waals surface area contributed by atoms with Crippen molar-refractivity contribution in [2.75, 3.05) is 17.7 Å². The van der Waals surface area contributed by atoms with Crippen LogP contribution in [0.2, 0.25) is 0 Å². The molecule has 0 spiro atoms. The predicted octanol–water partition coefficient (Wildman–Crippen LogP) is 5.22. The molecular formula is C23H19N3O4S. The number of anilines is 2. The van der Waals surface area contributed by atoms with Gasteiger partial charge in [-0.05, 0) is 55.0 Å². The predicted molar refractivity (Wildman–Crippen MR) is 120 cm³/mol. The molecule has 0 radical (unpaired) electrons. The highest BCUT2D eigenvalue weighted by molar-refractivity contribution is 7.16. The highest BCUT2D eigenvalue weighted by atomic mass is 32.1. The molecule has 0 aliphatic carbocycles. The summed E-state index contributed by atoms with van der Waals surface area (Å²) in [6.45, 7) is 1.89. The van der Waals surface area contributed by atoms with Gasteiger partial charge in [-0.25, -0.2) is 4.98 Å².